The maximum Gasteiger partial charge on any atom is 0.135 e. The minimum Gasteiger partial charge on any atom is -0.456 e. The molecule has 0 saturated carbocycles. The fraction of sp³-hybridized carbons (Fsp3) is 0. The fourth-order valence-corrected chi connectivity index (χ4v) is 7.26. The lowest BCUT2D eigenvalue weighted by Gasteiger charge is -2.22. The summed E-state index contributed by atoms with van der Waals surface area (Å²) in [5.74, 6) is 1.58. The predicted octanol–water partition coefficient (Wildman–Crippen LogP) is 13.6. The lowest BCUT2D eigenvalue weighted by molar-refractivity contribution is 0.487. The summed E-state index contributed by atoms with van der Waals surface area (Å²) in [4.78, 5) is 0. The third-order valence-electron chi connectivity index (χ3n) is 9.50. The van der Waals surface area contributed by atoms with Crippen molar-refractivity contribution in [3.8, 4) is 67.1 Å². The highest BCUT2D eigenvalue weighted by atomic mass is 16.5. The first-order valence-corrected chi connectivity index (χ1v) is 16.2. The summed E-state index contributed by atoms with van der Waals surface area (Å²) in [6.07, 6.45) is 0. The lowest BCUT2D eigenvalue weighted by atomic mass is 9.85. The molecular formula is C48H30O. The number of rotatable bonds is 4. The normalized spacial score (nSPS) is 14.1. The van der Waals surface area contributed by atoms with Gasteiger partial charge in [0.2, 0.25) is 0 Å². The molecule has 1 heterocycles. The van der Waals surface area contributed by atoms with Gasteiger partial charge in [0, 0.05) is 10.9 Å². The molecule has 9 aromatic rings. The van der Waals surface area contributed by atoms with Gasteiger partial charge in [-0.3, -0.25) is 0 Å². The van der Waals surface area contributed by atoms with Crippen LogP contribution in [0.5, 0.6) is 11.5 Å². The Morgan fingerprint density at radius 1 is 0.367 bits per heavy atom. The molecule has 0 radical (unpaired) electrons. The maximum atomic E-state index is 9.32. The number of hydrogen-bond donors (Lipinski definition) is 0. The zero-order valence-corrected chi connectivity index (χ0v) is 26.1. The van der Waals surface area contributed by atoms with E-state index < -0.39 is 24.2 Å². The molecule has 0 amide bonds. The predicted molar refractivity (Wildman–Crippen MR) is 206 cm³/mol. The Morgan fingerprint density at radius 2 is 0.898 bits per heavy atom. The van der Waals surface area contributed by atoms with Crippen molar-refractivity contribution in [3.05, 3.63) is 182 Å². The topological polar surface area (TPSA) is 9.23 Å². The van der Waals surface area contributed by atoms with Crippen LogP contribution in [0.3, 0.4) is 0 Å². The van der Waals surface area contributed by atoms with Crippen molar-refractivity contribution >= 4 is 32.3 Å². The van der Waals surface area contributed by atoms with Gasteiger partial charge in [-0.15, -0.1) is 0 Å². The van der Waals surface area contributed by atoms with Crippen molar-refractivity contribution in [2.24, 2.45) is 0 Å². The van der Waals surface area contributed by atoms with Crippen molar-refractivity contribution < 1.29 is 15.7 Å². The van der Waals surface area contributed by atoms with Crippen molar-refractivity contribution in [1.29, 1.82) is 0 Å². The summed E-state index contributed by atoms with van der Waals surface area (Å²) in [6.45, 7) is 0. The average molecular weight is 631 g/mol. The molecule has 10 rings (SSSR count). The van der Waals surface area contributed by atoms with Gasteiger partial charge in [-0.1, -0.05) is 158 Å². The Labute approximate surface area is 296 Å². The van der Waals surface area contributed by atoms with E-state index in [0.717, 1.165) is 55.7 Å². The van der Waals surface area contributed by atoms with E-state index in [9.17, 15) is 5.48 Å². The van der Waals surface area contributed by atoms with E-state index in [0.29, 0.717) is 22.3 Å². The van der Waals surface area contributed by atoms with Gasteiger partial charge < -0.3 is 4.74 Å². The molecular weight excluding hydrogens is 593 g/mol. The summed E-state index contributed by atoms with van der Waals surface area (Å²) < 4.78 is 78.7. The summed E-state index contributed by atoms with van der Waals surface area (Å²) in [5, 5.41) is 2.89. The highest BCUT2D eigenvalue weighted by Crippen LogP contribution is 2.48. The smallest absolute Gasteiger partial charge is 0.135 e. The average Bonchev–Trinajstić information content (AvgIpc) is 3.25. The number of ether oxygens (including phenoxy) is 1. The zero-order valence-electron chi connectivity index (χ0n) is 34.1. The molecule has 228 valence electrons. The molecule has 0 aromatic heterocycles. The van der Waals surface area contributed by atoms with Gasteiger partial charge >= 0.3 is 0 Å². The summed E-state index contributed by atoms with van der Waals surface area (Å²) in [6, 6.07) is 40.3. The SMILES string of the molecule is [2H]c1c([2H])c([2H])c2c(-c3cccc(-c4ccccc4)c3)c3c([2H])c([2H])c([2H])c([2H])c3c(-c3ccc(-c4ccc5c(c4)-c4cccc6cccc(c46)O5)cc3)c2c1[2H]. The Morgan fingerprint density at radius 3 is 1.61 bits per heavy atom. The molecule has 1 aliphatic heterocycles. The largest absolute Gasteiger partial charge is 0.456 e. The van der Waals surface area contributed by atoms with Crippen LogP contribution in [0.4, 0.5) is 0 Å². The Bertz CT molecular complexity index is 3090. The third kappa shape index (κ3) is 4.47. The van der Waals surface area contributed by atoms with Gasteiger partial charge in [0.1, 0.15) is 11.5 Å². The lowest BCUT2D eigenvalue weighted by Crippen LogP contribution is -1.97. The molecule has 1 aliphatic rings. The minimum absolute atomic E-state index is 0.184. The van der Waals surface area contributed by atoms with Crippen molar-refractivity contribution in [3.63, 3.8) is 0 Å². The number of fused-ring (bicyclic) bond motifs is 4. The van der Waals surface area contributed by atoms with E-state index in [1.54, 1.807) is 0 Å². The van der Waals surface area contributed by atoms with Gasteiger partial charge in [-0.25, -0.2) is 0 Å². The van der Waals surface area contributed by atoms with Gasteiger partial charge in [-0.2, -0.15) is 0 Å². The van der Waals surface area contributed by atoms with E-state index in [4.69, 9.17) is 10.2 Å². The number of benzene rings is 9. The van der Waals surface area contributed by atoms with E-state index in [-0.39, 0.29) is 45.7 Å². The van der Waals surface area contributed by atoms with E-state index in [2.05, 4.69) is 24.3 Å². The Kier molecular flexibility index (Phi) is 4.69. The van der Waals surface area contributed by atoms with Crippen molar-refractivity contribution in [2.45, 2.75) is 0 Å². The second-order valence-electron chi connectivity index (χ2n) is 12.2. The first kappa shape index (κ1) is 20.7. The van der Waals surface area contributed by atoms with Crippen LogP contribution in [0.2, 0.25) is 0 Å². The highest BCUT2D eigenvalue weighted by molar-refractivity contribution is 6.21. The van der Waals surface area contributed by atoms with Crippen LogP contribution >= 0.6 is 0 Å². The fourth-order valence-electron chi connectivity index (χ4n) is 7.26. The van der Waals surface area contributed by atoms with Crippen LogP contribution in [0.15, 0.2) is 182 Å². The minimum atomic E-state index is -0.428. The van der Waals surface area contributed by atoms with Gasteiger partial charge in [-0.05, 0) is 101 Å². The quantitative estimate of drug-likeness (QED) is 0.176. The molecule has 0 N–H and O–H groups in total. The molecule has 0 spiro atoms. The molecule has 0 atom stereocenters. The van der Waals surface area contributed by atoms with Crippen LogP contribution in [0.1, 0.15) is 11.0 Å². The summed E-state index contributed by atoms with van der Waals surface area (Å²) in [5.41, 5.74) is 7.42. The van der Waals surface area contributed by atoms with Crippen LogP contribution in [0.25, 0.3) is 88.0 Å². The van der Waals surface area contributed by atoms with Gasteiger partial charge in [0.05, 0.1) is 11.0 Å². The molecule has 1 nitrogen and oxygen atoms in total. The molecule has 9 aromatic carbocycles. The van der Waals surface area contributed by atoms with Crippen molar-refractivity contribution in [1.82, 2.24) is 0 Å². The first-order chi connectivity index (χ1) is 27.6. The maximum absolute atomic E-state index is 9.32. The first-order valence-electron chi connectivity index (χ1n) is 20.2. The standard InChI is InChI=1S/C48H30O/c1-2-11-31(12-3-1)35-15-8-16-37(29-35)47-40-19-6-4-17-38(40)46(39-18-5-7-20-41(39)47)34-25-23-32(24-26-34)36-27-28-44-43(30-36)42-21-9-13-33-14-10-22-45(49-44)48(33)42/h1-30H/i4D,5D,6D,7D,17D,18D,19D,20D. The second-order valence-corrected chi connectivity index (χ2v) is 12.2. The molecule has 0 fully saturated rings. The van der Waals surface area contributed by atoms with Crippen LogP contribution < -0.4 is 4.74 Å². The van der Waals surface area contributed by atoms with E-state index in [1.807, 2.05) is 109 Å². The molecule has 0 bridgehead atoms. The molecule has 0 saturated heterocycles. The summed E-state index contributed by atoms with van der Waals surface area (Å²) >= 11 is 0. The monoisotopic (exact) mass is 630 g/mol. The molecule has 0 unspecified atom stereocenters. The molecule has 1 heteroatoms. The van der Waals surface area contributed by atoms with Crippen molar-refractivity contribution in [2.75, 3.05) is 0 Å². The number of hydrogen-bond acceptors (Lipinski definition) is 1. The second kappa shape index (κ2) is 11.1. The highest BCUT2D eigenvalue weighted by Gasteiger charge is 2.21. The Hall–Kier alpha value is -6.44. The van der Waals surface area contributed by atoms with Crippen LogP contribution in [-0.4, -0.2) is 0 Å². The molecule has 49 heavy (non-hydrogen) atoms. The van der Waals surface area contributed by atoms with Gasteiger partial charge in [0.25, 0.3) is 0 Å². The van der Waals surface area contributed by atoms with E-state index >= 15 is 0 Å². The van der Waals surface area contributed by atoms with Gasteiger partial charge in [0.15, 0.2) is 0 Å². The third-order valence-corrected chi connectivity index (χ3v) is 9.50. The van der Waals surface area contributed by atoms with Crippen LogP contribution in [-0.2, 0) is 0 Å². The summed E-state index contributed by atoms with van der Waals surface area (Å²) in [7, 11) is 0. The van der Waals surface area contributed by atoms with E-state index in [1.165, 1.54) is 0 Å². The van der Waals surface area contributed by atoms with Crippen LogP contribution in [0, 0.1) is 0 Å². The Balaban J connectivity index is 1.23. The molecule has 0 aliphatic carbocycles. The zero-order chi connectivity index (χ0) is 39.3.